The minimum atomic E-state index is -0.509. The van der Waals surface area contributed by atoms with Gasteiger partial charge in [0.15, 0.2) is 0 Å². The van der Waals surface area contributed by atoms with Crippen molar-refractivity contribution in [1.29, 1.82) is 0 Å². The summed E-state index contributed by atoms with van der Waals surface area (Å²) in [4.78, 5) is 25.5. The average Bonchev–Trinajstić information content (AvgIpc) is 3.13. The molecule has 2 aliphatic heterocycles. The molecule has 1 aromatic carbocycles. The van der Waals surface area contributed by atoms with Crippen LogP contribution in [-0.2, 0) is 11.3 Å². The number of esters is 1. The Morgan fingerprint density at radius 3 is 2.60 bits per heavy atom. The summed E-state index contributed by atoms with van der Waals surface area (Å²) in [6.45, 7) is 0.693. The summed E-state index contributed by atoms with van der Waals surface area (Å²) in [5.74, 6) is 0.179. The Hall–Kier alpha value is -3.35. The molecule has 156 valence electrons. The lowest BCUT2D eigenvalue weighted by Gasteiger charge is -2.15. The zero-order valence-electron chi connectivity index (χ0n) is 17.3. The summed E-state index contributed by atoms with van der Waals surface area (Å²) >= 11 is 0. The number of allylic oxidation sites excluding steroid dienone is 2. The first-order valence-electron chi connectivity index (χ1n) is 10.1. The van der Waals surface area contributed by atoms with Crippen LogP contribution in [-0.4, -0.2) is 34.5 Å². The third-order valence-corrected chi connectivity index (χ3v) is 5.52. The number of pyridine rings is 1. The van der Waals surface area contributed by atoms with Crippen molar-refractivity contribution in [3.05, 3.63) is 64.2 Å². The predicted molar refractivity (Wildman–Crippen MR) is 114 cm³/mol. The SMILES string of the molecule is COC(=O)c1cn(CCC2=CCCCC2)cc2c(=O)n(-c3ccc(OC)cc3)nc1-2. The van der Waals surface area contributed by atoms with E-state index < -0.39 is 5.97 Å². The molecule has 30 heavy (non-hydrogen) atoms. The number of fused-ring (bicyclic) bond motifs is 1. The van der Waals surface area contributed by atoms with Gasteiger partial charge in [-0.05, 0) is 56.4 Å². The summed E-state index contributed by atoms with van der Waals surface area (Å²) < 4.78 is 13.3. The van der Waals surface area contributed by atoms with Gasteiger partial charge < -0.3 is 14.0 Å². The van der Waals surface area contributed by atoms with Gasteiger partial charge in [-0.1, -0.05) is 11.6 Å². The molecule has 0 bridgehead atoms. The molecule has 7 nitrogen and oxygen atoms in total. The number of aromatic nitrogens is 3. The summed E-state index contributed by atoms with van der Waals surface area (Å²) in [6, 6.07) is 7.04. The lowest BCUT2D eigenvalue weighted by Crippen LogP contribution is -2.16. The van der Waals surface area contributed by atoms with Gasteiger partial charge in [-0.15, -0.1) is 0 Å². The molecule has 3 aliphatic rings. The quantitative estimate of drug-likeness (QED) is 0.459. The van der Waals surface area contributed by atoms with Gasteiger partial charge in [0.25, 0.3) is 5.56 Å². The molecule has 0 spiro atoms. The van der Waals surface area contributed by atoms with Crippen molar-refractivity contribution in [3.8, 4) is 22.7 Å². The zero-order valence-corrected chi connectivity index (χ0v) is 17.3. The van der Waals surface area contributed by atoms with Gasteiger partial charge in [-0.25, -0.2) is 4.79 Å². The second kappa shape index (κ2) is 8.57. The predicted octanol–water partition coefficient (Wildman–Crippen LogP) is 3.82. The lowest BCUT2D eigenvalue weighted by molar-refractivity contribution is 0.0600. The fraction of sp³-hybridized carbons (Fsp3) is 0.348. The van der Waals surface area contributed by atoms with E-state index in [-0.39, 0.29) is 11.1 Å². The van der Waals surface area contributed by atoms with Crippen molar-refractivity contribution < 1.29 is 14.3 Å². The molecular weight excluding hydrogens is 382 g/mol. The van der Waals surface area contributed by atoms with E-state index in [1.54, 1.807) is 43.8 Å². The molecule has 0 radical (unpaired) electrons. The monoisotopic (exact) mass is 407 g/mol. The van der Waals surface area contributed by atoms with Crippen LogP contribution in [0.1, 0.15) is 42.5 Å². The van der Waals surface area contributed by atoms with Crippen LogP contribution in [0.3, 0.4) is 0 Å². The van der Waals surface area contributed by atoms with Crippen LogP contribution in [0.5, 0.6) is 5.75 Å². The van der Waals surface area contributed by atoms with E-state index in [0.717, 1.165) is 19.3 Å². The first kappa shape index (κ1) is 19.9. The summed E-state index contributed by atoms with van der Waals surface area (Å²) in [6.07, 6.45) is 11.4. The number of benzene rings is 1. The highest BCUT2D eigenvalue weighted by Crippen LogP contribution is 2.25. The van der Waals surface area contributed by atoms with E-state index in [1.165, 1.54) is 30.2 Å². The fourth-order valence-electron chi connectivity index (χ4n) is 3.85. The van der Waals surface area contributed by atoms with E-state index in [4.69, 9.17) is 9.47 Å². The minimum absolute atomic E-state index is 0.272. The maximum Gasteiger partial charge on any atom is 0.341 e. The van der Waals surface area contributed by atoms with Gasteiger partial charge in [-0.3, -0.25) is 4.79 Å². The van der Waals surface area contributed by atoms with Crippen LogP contribution in [0.25, 0.3) is 16.9 Å². The van der Waals surface area contributed by atoms with Crippen LogP contribution in [0, 0.1) is 0 Å². The molecule has 0 saturated carbocycles. The molecule has 7 heteroatoms. The van der Waals surface area contributed by atoms with E-state index in [2.05, 4.69) is 11.2 Å². The number of carbonyl (C=O) groups excluding carboxylic acids is 1. The Morgan fingerprint density at radius 1 is 1.13 bits per heavy atom. The van der Waals surface area contributed by atoms with Gasteiger partial charge in [0.2, 0.25) is 0 Å². The maximum absolute atomic E-state index is 13.1. The second-order valence-electron chi connectivity index (χ2n) is 7.44. The van der Waals surface area contributed by atoms with Crippen LogP contribution >= 0.6 is 0 Å². The molecule has 0 N–H and O–H groups in total. The number of aryl methyl sites for hydroxylation is 1. The first-order chi connectivity index (χ1) is 14.6. The number of ether oxygens (including phenoxy) is 2. The standard InChI is InChI=1S/C23H25N3O4/c1-29-18-10-8-17(9-11-18)26-22(27)19-14-25(13-12-16-6-4-3-5-7-16)15-20(21(19)24-26)23(28)30-2/h6,8-11,14-15H,3-5,7,12-13H2,1-2H3. The molecule has 2 heterocycles. The molecule has 0 saturated heterocycles. The smallest absolute Gasteiger partial charge is 0.341 e. The van der Waals surface area contributed by atoms with E-state index >= 15 is 0 Å². The third kappa shape index (κ3) is 3.87. The summed E-state index contributed by atoms with van der Waals surface area (Å²) in [5, 5.41) is 4.44. The number of carbonyl (C=O) groups is 1. The van der Waals surface area contributed by atoms with Crippen LogP contribution in [0.4, 0.5) is 0 Å². The summed E-state index contributed by atoms with van der Waals surface area (Å²) in [7, 11) is 2.91. The maximum atomic E-state index is 13.1. The lowest BCUT2D eigenvalue weighted by atomic mass is 9.97. The Labute approximate surface area is 174 Å². The molecule has 0 fully saturated rings. The van der Waals surface area contributed by atoms with Crippen molar-refractivity contribution in [1.82, 2.24) is 14.3 Å². The topological polar surface area (TPSA) is 75.3 Å². The normalized spacial score (nSPS) is 13.9. The molecule has 0 unspecified atom stereocenters. The van der Waals surface area contributed by atoms with Gasteiger partial charge in [-0.2, -0.15) is 9.78 Å². The van der Waals surface area contributed by atoms with Crippen LogP contribution < -0.4 is 10.3 Å². The molecule has 4 rings (SSSR count). The Kier molecular flexibility index (Phi) is 5.70. The average molecular weight is 407 g/mol. The van der Waals surface area contributed by atoms with Crippen LogP contribution in [0.15, 0.2) is 53.1 Å². The first-order valence-corrected chi connectivity index (χ1v) is 10.1. The second-order valence-corrected chi connectivity index (χ2v) is 7.44. The molecule has 0 aromatic heterocycles. The zero-order chi connectivity index (χ0) is 21.1. The van der Waals surface area contributed by atoms with Gasteiger partial charge in [0.1, 0.15) is 17.0 Å². The highest BCUT2D eigenvalue weighted by Gasteiger charge is 2.25. The van der Waals surface area contributed by atoms with Crippen molar-refractivity contribution in [2.24, 2.45) is 0 Å². The van der Waals surface area contributed by atoms with Crippen molar-refractivity contribution in [2.45, 2.75) is 38.6 Å². The Bertz CT molecular complexity index is 1110. The number of nitrogens with zero attached hydrogens (tertiary/aromatic N) is 3. The Balaban J connectivity index is 1.75. The third-order valence-electron chi connectivity index (χ3n) is 5.52. The molecule has 0 atom stereocenters. The van der Waals surface area contributed by atoms with Crippen molar-refractivity contribution in [2.75, 3.05) is 14.2 Å². The van der Waals surface area contributed by atoms with Crippen molar-refractivity contribution in [3.63, 3.8) is 0 Å². The van der Waals surface area contributed by atoms with Gasteiger partial charge >= 0.3 is 5.97 Å². The van der Waals surface area contributed by atoms with E-state index in [9.17, 15) is 9.59 Å². The van der Waals surface area contributed by atoms with Gasteiger partial charge in [0.05, 0.1) is 25.5 Å². The van der Waals surface area contributed by atoms with Gasteiger partial charge in [0, 0.05) is 18.9 Å². The highest BCUT2D eigenvalue weighted by atomic mass is 16.5. The largest absolute Gasteiger partial charge is 0.497 e. The fourth-order valence-corrected chi connectivity index (χ4v) is 3.85. The molecule has 1 aliphatic carbocycles. The number of rotatable bonds is 6. The Morgan fingerprint density at radius 2 is 1.93 bits per heavy atom. The molecule has 1 aromatic rings. The van der Waals surface area contributed by atoms with Crippen LogP contribution in [0.2, 0.25) is 0 Å². The molecule has 0 amide bonds. The minimum Gasteiger partial charge on any atom is -0.497 e. The summed E-state index contributed by atoms with van der Waals surface area (Å²) in [5.41, 5.74) is 2.79. The van der Waals surface area contributed by atoms with E-state index in [0.29, 0.717) is 29.2 Å². The van der Waals surface area contributed by atoms with Crippen molar-refractivity contribution >= 4 is 5.97 Å². The molecular formula is C23H25N3O4. The number of methoxy groups -OCH3 is 2. The highest BCUT2D eigenvalue weighted by molar-refractivity contribution is 5.96. The number of hydrogen-bond donors (Lipinski definition) is 0. The van der Waals surface area contributed by atoms with E-state index in [1.807, 2.05) is 4.57 Å². The number of hydrogen-bond acceptors (Lipinski definition) is 5.